The van der Waals surface area contributed by atoms with Crippen LogP contribution in [0, 0.1) is 0 Å². The predicted molar refractivity (Wildman–Crippen MR) is 93.1 cm³/mol. The Labute approximate surface area is 143 Å². The normalized spacial score (nSPS) is 11.9. The third kappa shape index (κ3) is 4.21. The summed E-state index contributed by atoms with van der Waals surface area (Å²) >= 11 is 1.59. The van der Waals surface area contributed by atoms with Gasteiger partial charge >= 0.3 is 6.03 Å². The topological polar surface area (TPSA) is 79.2 Å². The molecule has 6 nitrogen and oxygen atoms in total. The summed E-state index contributed by atoms with van der Waals surface area (Å²) in [6.45, 7) is 0.634. The Morgan fingerprint density at radius 2 is 2.04 bits per heavy atom. The van der Waals surface area contributed by atoms with Crippen LogP contribution in [0.2, 0.25) is 0 Å². The third-order valence-electron chi connectivity index (χ3n) is 3.51. The number of nitrogens with one attached hydrogen (secondary N) is 2. The maximum atomic E-state index is 11.7. The van der Waals surface area contributed by atoms with E-state index in [0.29, 0.717) is 6.54 Å². The number of urea groups is 1. The molecule has 3 rings (SSSR count). The fraction of sp³-hybridized carbons (Fsp3) is 0.176. The van der Waals surface area contributed by atoms with Crippen LogP contribution in [0.25, 0.3) is 5.69 Å². The number of aliphatic hydroxyl groups excluding tert-OH is 1. The SMILES string of the molecule is O=C(NCc1cccs1)NCC(O)c1ccc(-n2cccn2)cc1. The lowest BCUT2D eigenvalue weighted by Crippen LogP contribution is -2.37. The fourth-order valence-corrected chi connectivity index (χ4v) is 2.87. The van der Waals surface area contributed by atoms with Crippen molar-refractivity contribution in [1.29, 1.82) is 0 Å². The Balaban J connectivity index is 1.47. The van der Waals surface area contributed by atoms with Gasteiger partial charge in [-0.15, -0.1) is 11.3 Å². The van der Waals surface area contributed by atoms with Crippen LogP contribution in [0.4, 0.5) is 4.79 Å². The van der Waals surface area contributed by atoms with Crippen molar-refractivity contribution < 1.29 is 9.90 Å². The monoisotopic (exact) mass is 342 g/mol. The summed E-state index contributed by atoms with van der Waals surface area (Å²) in [7, 11) is 0. The Morgan fingerprint density at radius 3 is 2.71 bits per heavy atom. The van der Waals surface area contributed by atoms with E-state index < -0.39 is 6.10 Å². The second-order valence-corrected chi connectivity index (χ2v) is 6.23. The van der Waals surface area contributed by atoms with Gasteiger partial charge in [-0.3, -0.25) is 0 Å². The number of hydrogen-bond donors (Lipinski definition) is 3. The number of thiophene rings is 1. The minimum Gasteiger partial charge on any atom is -0.387 e. The van der Waals surface area contributed by atoms with Crippen molar-refractivity contribution in [2.75, 3.05) is 6.54 Å². The molecule has 7 heteroatoms. The quantitative estimate of drug-likeness (QED) is 0.644. The number of carbonyl (C=O) groups excluding carboxylic acids is 1. The van der Waals surface area contributed by atoms with Gasteiger partial charge in [0.15, 0.2) is 0 Å². The van der Waals surface area contributed by atoms with Gasteiger partial charge in [-0.25, -0.2) is 9.48 Å². The molecule has 0 aliphatic heterocycles. The van der Waals surface area contributed by atoms with Crippen LogP contribution >= 0.6 is 11.3 Å². The van der Waals surface area contributed by atoms with E-state index in [1.54, 1.807) is 22.2 Å². The summed E-state index contributed by atoms with van der Waals surface area (Å²) in [4.78, 5) is 12.8. The number of amides is 2. The lowest BCUT2D eigenvalue weighted by molar-refractivity contribution is 0.173. The number of nitrogens with zero attached hydrogens (tertiary/aromatic N) is 2. The molecule has 1 aromatic carbocycles. The minimum atomic E-state index is -0.760. The maximum Gasteiger partial charge on any atom is 0.315 e. The van der Waals surface area contributed by atoms with E-state index in [1.165, 1.54) is 0 Å². The summed E-state index contributed by atoms with van der Waals surface area (Å²) in [6.07, 6.45) is 2.80. The molecule has 0 aliphatic rings. The van der Waals surface area contributed by atoms with Crippen LogP contribution in [-0.4, -0.2) is 27.5 Å². The van der Waals surface area contributed by atoms with Gasteiger partial charge in [0.2, 0.25) is 0 Å². The molecule has 3 aromatic rings. The van der Waals surface area contributed by atoms with Crippen LogP contribution in [0.1, 0.15) is 16.5 Å². The van der Waals surface area contributed by atoms with E-state index in [9.17, 15) is 9.90 Å². The maximum absolute atomic E-state index is 11.7. The number of benzene rings is 1. The Kier molecular flexibility index (Phi) is 5.25. The molecule has 124 valence electrons. The number of hydrogen-bond acceptors (Lipinski definition) is 4. The molecule has 0 saturated heterocycles. The molecule has 0 radical (unpaired) electrons. The molecule has 2 amide bonds. The number of rotatable bonds is 6. The molecule has 0 bridgehead atoms. The molecule has 0 fully saturated rings. The van der Waals surface area contributed by atoms with Gasteiger partial charge in [-0.2, -0.15) is 5.10 Å². The molecule has 1 unspecified atom stereocenters. The van der Waals surface area contributed by atoms with Crippen molar-refractivity contribution in [3.63, 3.8) is 0 Å². The molecule has 3 N–H and O–H groups in total. The van der Waals surface area contributed by atoms with E-state index in [-0.39, 0.29) is 12.6 Å². The van der Waals surface area contributed by atoms with Crippen molar-refractivity contribution in [2.24, 2.45) is 0 Å². The van der Waals surface area contributed by atoms with Gasteiger partial charge in [-0.05, 0) is 35.2 Å². The van der Waals surface area contributed by atoms with Gasteiger partial charge in [0.05, 0.1) is 18.3 Å². The molecule has 24 heavy (non-hydrogen) atoms. The van der Waals surface area contributed by atoms with E-state index in [2.05, 4.69) is 15.7 Å². The zero-order valence-corrected chi connectivity index (χ0v) is 13.7. The molecular formula is C17H18N4O2S. The second-order valence-electron chi connectivity index (χ2n) is 5.20. The minimum absolute atomic E-state index is 0.150. The molecule has 2 heterocycles. The van der Waals surface area contributed by atoms with E-state index >= 15 is 0 Å². The first-order chi connectivity index (χ1) is 11.7. The lowest BCUT2D eigenvalue weighted by Gasteiger charge is -2.13. The van der Waals surface area contributed by atoms with Gasteiger partial charge in [0.1, 0.15) is 0 Å². The predicted octanol–water partition coefficient (Wildman–Crippen LogP) is 2.47. The average Bonchev–Trinajstić information content (AvgIpc) is 3.31. The molecule has 0 spiro atoms. The van der Waals surface area contributed by atoms with Gasteiger partial charge in [0, 0.05) is 23.8 Å². The zero-order valence-electron chi connectivity index (χ0n) is 12.9. The number of aliphatic hydroxyl groups is 1. The zero-order chi connectivity index (χ0) is 16.8. The molecule has 0 aliphatic carbocycles. The summed E-state index contributed by atoms with van der Waals surface area (Å²) in [6, 6.07) is 12.9. The van der Waals surface area contributed by atoms with Gasteiger partial charge < -0.3 is 15.7 Å². The number of aromatic nitrogens is 2. The van der Waals surface area contributed by atoms with Gasteiger partial charge in [-0.1, -0.05) is 18.2 Å². The molecule has 1 atom stereocenters. The first-order valence-corrected chi connectivity index (χ1v) is 8.42. The molecule has 0 saturated carbocycles. The molecule has 2 aromatic heterocycles. The van der Waals surface area contributed by atoms with Crippen molar-refractivity contribution in [2.45, 2.75) is 12.6 Å². The van der Waals surface area contributed by atoms with Crippen molar-refractivity contribution in [3.8, 4) is 5.69 Å². The highest BCUT2D eigenvalue weighted by Crippen LogP contribution is 2.15. The average molecular weight is 342 g/mol. The van der Waals surface area contributed by atoms with Crippen LogP contribution in [-0.2, 0) is 6.54 Å². The summed E-state index contributed by atoms with van der Waals surface area (Å²) in [5.74, 6) is 0. The van der Waals surface area contributed by atoms with Crippen molar-refractivity contribution in [3.05, 3.63) is 70.7 Å². The number of carbonyl (C=O) groups is 1. The van der Waals surface area contributed by atoms with E-state index in [0.717, 1.165) is 16.1 Å². The standard InChI is InChI=1S/C17H18N4O2S/c22-16(12-19-17(23)18-11-15-3-1-10-24-15)13-4-6-14(7-5-13)21-9-2-8-20-21/h1-10,16,22H,11-12H2,(H2,18,19,23). The van der Waals surface area contributed by atoms with Crippen molar-refractivity contribution >= 4 is 17.4 Å². The summed E-state index contributed by atoms with van der Waals surface area (Å²) < 4.78 is 1.74. The Bertz CT molecular complexity index is 755. The van der Waals surface area contributed by atoms with Crippen LogP contribution in [0.5, 0.6) is 0 Å². The lowest BCUT2D eigenvalue weighted by atomic mass is 10.1. The largest absolute Gasteiger partial charge is 0.387 e. The first-order valence-electron chi connectivity index (χ1n) is 7.54. The Hall–Kier alpha value is -2.64. The summed E-state index contributed by atoms with van der Waals surface area (Å²) in [5, 5.41) is 21.7. The van der Waals surface area contributed by atoms with Crippen LogP contribution < -0.4 is 10.6 Å². The van der Waals surface area contributed by atoms with E-state index in [1.807, 2.05) is 54.0 Å². The highest BCUT2D eigenvalue weighted by Gasteiger charge is 2.10. The van der Waals surface area contributed by atoms with Crippen molar-refractivity contribution in [1.82, 2.24) is 20.4 Å². The first kappa shape index (κ1) is 16.2. The summed E-state index contributed by atoms with van der Waals surface area (Å²) in [5.41, 5.74) is 1.65. The van der Waals surface area contributed by atoms with Crippen LogP contribution in [0.3, 0.4) is 0 Å². The van der Waals surface area contributed by atoms with Crippen LogP contribution in [0.15, 0.2) is 60.2 Å². The smallest absolute Gasteiger partial charge is 0.315 e. The fourth-order valence-electron chi connectivity index (χ4n) is 2.22. The highest BCUT2D eigenvalue weighted by molar-refractivity contribution is 7.09. The third-order valence-corrected chi connectivity index (χ3v) is 4.38. The second kappa shape index (κ2) is 7.76. The van der Waals surface area contributed by atoms with Gasteiger partial charge in [0.25, 0.3) is 0 Å². The Morgan fingerprint density at radius 1 is 1.21 bits per heavy atom. The van der Waals surface area contributed by atoms with E-state index in [4.69, 9.17) is 0 Å². The highest BCUT2D eigenvalue weighted by atomic mass is 32.1. The molecular weight excluding hydrogens is 324 g/mol.